The number of nitrogens with zero attached hydrogens (tertiary/aromatic N) is 1. The van der Waals surface area contributed by atoms with Crippen LogP contribution in [0.5, 0.6) is 0 Å². The van der Waals surface area contributed by atoms with E-state index in [-0.39, 0.29) is 11.5 Å². The molecule has 0 saturated heterocycles. The number of carbonyl (C=O) groups is 1. The Balaban J connectivity index is 2.28. The lowest BCUT2D eigenvalue weighted by Crippen LogP contribution is -2.30. The summed E-state index contributed by atoms with van der Waals surface area (Å²) < 4.78 is 23.2. The van der Waals surface area contributed by atoms with Gasteiger partial charge in [0.2, 0.25) is 0 Å². The van der Waals surface area contributed by atoms with Gasteiger partial charge in [-0.15, -0.1) is 0 Å². The van der Waals surface area contributed by atoms with Crippen molar-refractivity contribution >= 4 is 15.6 Å². The fourth-order valence-electron chi connectivity index (χ4n) is 2.11. The number of sulfone groups is 1. The third-order valence-electron chi connectivity index (χ3n) is 3.79. The summed E-state index contributed by atoms with van der Waals surface area (Å²) in [6.45, 7) is 5.14. The Labute approximate surface area is 139 Å². The summed E-state index contributed by atoms with van der Waals surface area (Å²) in [5, 5.41) is 8.72. The zero-order valence-corrected chi connectivity index (χ0v) is 14.9. The number of hydrogen-bond donors (Lipinski definition) is 0. The minimum Gasteiger partial charge on any atom is -0.299 e. The molecule has 126 valence electrons. The molecule has 0 spiro atoms. The van der Waals surface area contributed by atoms with Crippen molar-refractivity contribution in [2.75, 3.05) is 5.75 Å². The molecule has 0 aliphatic carbocycles. The van der Waals surface area contributed by atoms with Crippen molar-refractivity contribution in [1.82, 2.24) is 0 Å². The van der Waals surface area contributed by atoms with Gasteiger partial charge < -0.3 is 0 Å². The molecule has 1 aromatic carbocycles. The van der Waals surface area contributed by atoms with Crippen LogP contribution >= 0.6 is 0 Å². The van der Waals surface area contributed by atoms with E-state index < -0.39 is 14.6 Å². The summed E-state index contributed by atoms with van der Waals surface area (Å²) >= 11 is 0. The quantitative estimate of drug-likeness (QED) is 0.682. The molecular formula is C18H25NO3S. The summed E-state index contributed by atoms with van der Waals surface area (Å²) in [4.78, 5) is 11.9. The van der Waals surface area contributed by atoms with Crippen molar-refractivity contribution < 1.29 is 13.2 Å². The molecule has 0 aliphatic heterocycles. The van der Waals surface area contributed by atoms with Crippen LogP contribution in [0.3, 0.4) is 0 Å². The molecule has 0 aromatic heterocycles. The Morgan fingerprint density at radius 3 is 2.22 bits per heavy atom. The van der Waals surface area contributed by atoms with Crippen LogP contribution in [-0.4, -0.2) is 24.7 Å². The number of hydrogen-bond acceptors (Lipinski definition) is 4. The maximum atomic E-state index is 12.0. The van der Waals surface area contributed by atoms with Crippen LogP contribution in [0.2, 0.25) is 0 Å². The van der Waals surface area contributed by atoms with Crippen LogP contribution in [-0.2, 0) is 21.1 Å². The van der Waals surface area contributed by atoms with Gasteiger partial charge in [0.05, 0.1) is 22.1 Å². The molecular weight excluding hydrogens is 310 g/mol. The van der Waals surface area contributed by atoms with Crippen LogP contribution in [0.4, 0.5) is 0 Å². The molecule has 0 bridgehead atoms. The van der Waals surface area contributed by atoms with E-state index in [2.05, 4.69) is 0 Å². The van der Waals surface area contributed by atoms with Crippen molar-refractivity contribution in [2.24, 2.45) is 0 Å². The fourth-order valence-corrected chi connectivity index (χ4v) is 3.31. The van der Waals surface area contributed by atoms with E-state index >= 15 is 0 Å². The van der Waals surface area contributed by atoms with Crippen molar-refractivity contribution in [3.63, 3.8) is 0 Å². The average Bonchev–Trinajstić information content (AvgIpc) is 2.46. The Morgan fingerprint density at radius 1 is 1.09 bits per heavy atom. The van der Waals surface area contributed by atoms with E-state index in [1.54, 1.807) is 45.0 Å². The SMILES string of the molecule is CC(C)(C)S(=O)(=O)CCCCCC(=O)Cc1ccc(C#N)cc1. The van der Waals surface area contributed by atoms with E-state index in [0.717, 1.165) is 18.4 Å². The number of carbonyl (C=O) groups excluding carboxylic acids is 1. The van der Waals surface area contributed by atoms with Gasteiger partial charge in [-0.1, -0.05) is 18.6 Å². The first kappa shape index (κ1) is 19.4. The van der Waals surface area contributed by atoms with Crippen LogP contribution in [0.1, 0.15) is 57.6 Å². The first-order valence-electron chi connectivity index (χ1n) is 7.89. The van der Waals surface area contributed by atoms with E-state index in [0.29, 0.717) is 24.8 Å². The molecule has 1 aromatic rings. The Kier molecular flexibility index (Phi) is 6.96. The van der Waals surface area contributed by atoms with Crippen molar-refractivity contribution in [2.45, 2.75) is 57.6 Å². The molecule has 4 nitrogen and oxygen atoms in total. The van der Waals surface area contributed by atoms with Crippen molar-refractivity contribution in [3.8, 4) is 6.07 Å². The summed E-state index contributed by atoms with van der Waals surface area (Å²) in [6.07, 6.45) is 2.90. The zero-order chi connectivity index (χ0) is 17.5. The van der Waals surface area contributed by atoms with Gasteiger partial charge in [0.1, 0.15) is 5.78 Å². The molecule has 0 N–H and O–H groups in total. The second-order valence-corrected chi connectivity index (χ2v) is 9.63. The van der Waals surface area contributed by atoms with E-state index in [9.17, 15) is 13.2 Å². The minimum atomic E-state index is -3.06. The number of Topliss-reactive ketones (excluding diaryl/α,β-unsaturated/α-hetero) is 1. The maximum absolute atomic E-state index is 12.0. The first-order chi connectivity index (χ1) is 10.7. The second kappa shape index (κ2) is 8.26. The van der Waals surface area contributed by atoms with Gasteiger partial charge in [-0.3, -0.25) is 4.79 Å². The summed E-state index contributed by atoms with van der Waals surface area (Å²) in [7, 11) is -3.06. The summed E-state index contributed by atoms with van der Waals surface area (Å²) in [5.74, 6) is 0.328. The highest BCUT2D eigenvalue weighted by Gasteiger charge is 2.27. The number of unbranched alkanes of at least 4 members (excludes halogenated alkanes) is 2. The van der Waals surface area contributed by atoms with Crippen LogP contribution in [0, 0.1) is 11.3 Å². The molecule has 0 heterocycles. The number of nitriles is 1. The van der Waals surface area contributed by atoms with Crippen LogP contribution in [0.15, 0.2) is 24.3 Å². The number of ketones is 1. The molecule has 0 fully saturated rings. The van der Waals surface area contributed by atoms with E-state index in [1.165, 1.54) is 0 Å². The highest BCUT2D eigenvalue weighted by molar-refractivity contribution is 7.92. The highest BCUT2D eigenvalue weighted by Crippen LogP contribution is 2.18. The first-order valence-corrected chi connectivity index (χ1v) is 9.54. The number of benzene rings is 1. The van der Waals surface area contributed by atoms with Crippen molar-refractivity contribution in [1.29, 1.82) is 5.26 Å². The van der Waals surface area contributed by atoms with E-state index in [1.807, 2.05) is 6.07 Å². The minimum absolute atomic E-state index is 0.147. The zero-order valence-electron chi connectivity index (χ0n) is 14.1. The molecule has 0 amide bonds. The Bertz CT molecular complexity index is 662. The monoisotopic (exact) mass is 335 g/mol. The van der Waals surface area contributed by atoms with Gasteiger partial charge in [0.25, 0.3) is 0 Å². The summed E-state index contributed by atoms with van der Waals surface area (Å²) in [5.41, 5.74) is 1.49. The topological polar surface area (TPSA) is 75.0 Å². The largest absolute Gasteiger partial charge is 0.299 e. The Hall–Kier alpha value is -1.67. The van der Waals surface area contributed by atoms with Crippen LogP contribution < -0.4 is 0 Å². The lowest BCUT2D eigenvalue weighted by Gasteiger charge is -2.18. The van der Waals surface area contributed by atoms with Gasteiger partial charge in [0.15, 0.2) is 9.84 Å². The average molecular weight is 335 g/mol. The van der Waals surface area contributed by atoms with Crippen molar-refractivity contribution in [3.05, 3.63) is 35.4 Å². The fraction of sp³-hybridized carbons (Fsp3) is 0.556. The third kappa shape index (κ3) is 6.54. The molecule has 0 unspecified atom stereocenters. The molecule has 0 atom stereocenters. The van der Waals surface area contributed by atoms with E-state index in [4.69, 9.17) is 5.26 Å². The maximum Gasteiger partial charge on any atom is 0.155 e. The lowest BCUT2D eigenvalue weighted by atomic mass is 10.0. The summed E-state index contributed by atoms with van der Waals surface area (Å²) in [6, 6.07) is 9.06. The van der Waals surface area contributed by atoms with Gasteiger partial charge in [-0.25, -0.2) is 8.42 Å². The second-order valence-electron chi connectivity index (χ2n) is 6.77. The van der Waals surface area contributed by atoms with Gasteiger partial charge >= 0.3 is 0 Å². The predicted octanol–water partition coefficient (Wildman–Crippen LogP) is 3.44. The third-order valence-corrected chi connectivity index (χ3v) is 6.48. The van der Waals surface area contributed by atoms with Gasteiger partial charge in [-0.2, -0.15) is 5.26 Å². The smallest absolute Gasteiger partial charge is 0.155 e. The van der Waals surface area contributed by atoms with Crippen LogP contribution in [0.25, 0.3) is 0 Å². The Morgan fingerprint density at radius 2 is 1.70 bits per heavy atom. The van der Waals surface area contributed by atoms with Gasteiger partial charge in [0, 0.05) is 12.8 Å². The highest BCUT2D eigenvalue weighted by atomic mass is 32.2. The predicted molar refractivity (Wildman–Crippen MR) is 91.9 cm³/mol. The molecule has 5 heteroatoms. The molecule has 23 heavy (non-hydrogen) atoms. The number of rotatable bonds is 8. The molecule has 0 aliphatic rings. The molecule has 0 radical (unpaired) electrons. The lowest BCUT2D eigenvalue weighted by molar-refractivity contribution is -0.118. The normalized spacial score (nSPS) is 11.9. The molecule has 0 saturated carbocycles. The molecule has 1 rings (SSSR count). The van der Waals surface area contributed by atoms with Gasteiger partial charge in [-0.05, 0) is 51.3 Å². The standard InChI is InChI=1S/C18H25NO3S/c1-18(2,3)23(21,22)12-6-4-5-7-17(20)13-15-8-10-16(14-19)11-9-15/h8-11H,4-7,12-13H2,1-3H3.